The number of amides is 1. The summed E-state index contributed by atoms with van der Waals surface area (Å²) in [4.78, 5) is 14.8. The Morgan fingerprint density at radius 2 is 1.33 bits per heavy atom. The van der Waals surface area contributed by atoms with E-state index in [1.807, 2.05) is 85.8 Å². The molecule has 0 spiro atoms. The molecule has 0 saturated carbocycles. The molecule has 1 aromatic heterocycles. The first-order chi connectivity index (χ1) is 16.2. The van der Waals surface area contributed by atoms with E-state index in [0.29, 0.717) is 5.56 Å². The van der Waals surface area contributed by atoms with Gasteiger partial charge in [0.15, 0.2) is 0 Å². The molecule has 1 amide bonds. The van der Waals surface area contributed by atoms with Gasteiger partial charge in [-0.1, -0.05) is 72.8 Å². The number of hydrogen-bond acceptors (Lipinski definition) is 3. The second-order valence-corrected chi connectivity index (χ2v) is 8.12. The average molecular weight is 428 g/mol. The van der Waals surface area contributed by atoms with Crippen molar-refractivity contribution in [2.45, 2.75) is 6.92 Å². The van der Waals surface area contributed by atoms with E-state index in [2.05, 4.69) is 23.5 Å². The molecule has 0 aliphatic rings. The normalized spacial score (nSPS) is 11.3. The van der Waals surface area contributed by atoms with Gasteiger partial charge in [-0.2, -0.15) is 0 Å². The molecule has 0 bridgehead atoms. The zero-order valence-corrected chi connectivity index (χ0v) is 18.0. The van der Waals surface area contributed by atoms with Crippen LogP contribution in [-0.2, 0) is 0 Å². The van der Waals surface area contributed by atoms with Crippen molar-refractivity contribution in [2.24, 2.45) is 0 Å². The largest absolute Gasteiger partial charge is 0.322 e. The highest BCUT2D eigenvalue weighted by atomic mass is 16.1. The lowest BCUT2D eigenvalue weighted by Crippen LogP contribution is -2.13. The molecule has 0 saturated heterocycles. The quantitative estimate of drug-likeness (QED) is 0.360. The predicted molar refractivity (Wildman–Crippen MR) is 133 cm³/mol. The minimum atomic E-state index is -0.143. The van der Waals surface area contributed by atoms with Gasteiger partial charge in [-0.05, 0) is 52.9 Å². The highest BCUT2D eigenvalue weighted by Gasteiger charge is 2.14. The number of rotatable bonds is 3. The molecule has 5 heteroatoms. The van der Waals surface area contributed by atoms with E-state index in [-0.39, 0.29) is 5.91 Å². The lowest BCUT2D eigenvalue weighted by molar-refractivity contribution is 0.102. The van der Waals surface area contributed by atoms with Crippen LogP contribution >= 0.6 is 0 Å². The molecule has 0 aliphatic carbocycles. The van der Waals surface area contributed by atoms with Crippen molar-refractivity contribution >= 4 is 44.2 Å². The van der Waals surface area contributed by atoms with E-state index in [4.69, 9.17) is 10.2 Å². The fourth-order valence-electron chi connectivity index (χ4n) is 4.31. The standard InChI is InChI=1S/C28H20N4O/c1-18-16-25-26(31-32(30-25)27-15-7-11-20-9-3-5-13-22(20)27)17-24(18)29-28(33)23-14-6-10-19-8-2-4-12-21(19)23/h2-17H,1H3,(H,29,33). The van der Waals surface area contributed by atoms with Crippen LogP contribution in [0, 0.1) is 6.92 Å². The summed E-state index contributed by atoms with van der Waals surface area (Å²) in [7, 11) is 0. The molecular formula is C28H20N4O. The molecule has 33 heavy (non-hydrogen) atoms. The average Bonchev–Trinajstić information content (AvgIpc) is 3.26. The fourth-order valence-corrected chi connectivity index (χ4v) is 4.31. The predicted octanol–water partition coefficient (Wildman–Crippen LogP) is 6.29. The minimum Gasteiger partial charge on any atom is -0.322 e. The number of carbonyl (C=O) groups excluding carboxylic acids is 1. The molecule has 0 fully saturated rings. The Morgan fingerprint density at radius 3 is 2.12 bits per heavy atom. The maximum Gasteiger partial charge on any atom is 0.256 e. The van der Waals surface area contributed by atoms with Gasteiger partial charge >= 0.3 is 0 Å². The first-order valence-corrected chi connectivity index (χ1v) is 10.8. The van der Waals surface area contributed by atoms with Crippen molar-refractivity contribution < 1.29 is 4.79 Å². The highest BCUT2D eigenvalue weighted by Crippen LogP contribution is 2.26. The summed E-state index contributed by atoms with van der Waals surface area (Å²) in [5, 5.41) is 16.7. The molecule has 158 valence electrons. The Bertz CT molecular complexity index is 1670. The molecule has 0 radical (unpaired) electrons. The number of fused-ring (bicyclic) bond motifs is 3. The van der Waals surface area contributed by atoms with E-state index >= 15 is 0 Å². The van der Waals surface area contributed by atoms with Crippen LogP contribution in [0.25, 0.3) is 38.3 Å². The molecule has 0 atom stereocenters. The Labute approximate surface area is 190 Å². The number of nitrogens with zero attached hydrogens (tertiary/aromatic N) is 3. The van der Waals surface area contributed by atoms with Gasteiger partial charge in [0.1, 0.15) is 11.0 Å². The number of aryl methyl sites for hydroxylation is 1. The van der Waals surface area contributed by atoms with Crippen LogP contribution in [0.4, 0.5) is 5.69 Å². The Morgan fingerprint density at radius 1 is 0.727 bits per heavy atom. The first kappa shape index (κ1) is 19.2. The number of nitrogens with one attached hydrogen (secondary N) is 1. The van der Waals surface area contributed by atoms with Crippen molar-refractivity contribution in [3.05, 3.63) is 108 Å². The monoisotopic (exact) mass is 428 g/mol. The summed E-state index contributed by atoms with van der Waals surface area (Å²) in [6.45, 7) is 1.97. The summed E-state index contributed by atoms with van der Waals surface area (Å²) in [6.07, 6.45) is 0. The van der Waals surface area contributed by atoms with Gasteiger partial charge in [-0.25, -0.2) is 0 Å². The number of anilines is 1. The van der Waals surface area contributed by atoms with Crippen molar-refractivity contribution in [1.82, 2.24) is 15.0 Å². The van der Waals surface area contributed by atoms with Gasteiger partial charge in [-0.15, -0.1) is 15.0 Å². The zero-order valence-electron chi connectivity index (χ0n) is 18.0. The van der Waals surface area contributed by atoms with Gasteiger partial charge in [0, 0.05) is 16.6 Å². The highest BCUT2D eigenvalue weighted by molar-refractivity contribution is 6.13. The summed E-state index contributed by atoms with van der Waals surface area (Å²) < 4.78 is 0. The van der Waals surface area contributed by atoms with Crippen LogP contribution in [0.15, 0.2) is 97.1 Å². The zero-order chi connectivity index (χ0) is 22.4. The van der Waals surface area contributed by atoms with Crippen LogP contribution in [-0.4, -0.2) is 20.9 Å². The molecule has 1 heterocycles. The van der Waals surface area contributed by atoms with Crippen LogP contribution in [0.3, 0.4) is 0 Å². The number of benzene rings is 5. The van der Waals surface area contributed by atoms with E-state index in [0.717, 1.165) is 49.5 Å². The lowest BCUT2D eigenvalue weighted by atomic mass is 10.0. The van der Waals surface area contributed by atoms with E-state index in [9.17, 15) is 4.79 Å². The van der Waals surface area contributed by atoms with Gasteiger partial charge in [-0.3, -0.25) is 4.79 Å². The SMILES string of the molecule is Cc1cc2nn(-c3cccc4ccccc34)nc2cc1NC(=O)c1cccc2ccccc12. The molecule has 1 N–H and O–H groups in total. The Hall–Kier alpha value is -4.51. The number of aromatic nitrogens is 3. The Kier molecular flexibility index (Phi) is 4.40. The molecule has 5 aromatic carbocycles. The number of hydrogen-bond donors (Lipinski definition) is 1. The van der Waals surface area contributed by atoms with Crippen LogP contribution in [0.2, 0.25) is 0 Å². The molecule has 6 aromatic rings. The molecular weight excluding hydrogens is 408 g/mol. The first-order valence-electron chi connectivity index (χ1n) is 10.8. The fraction of sp³-hybridized carbons (Fsp3) is 0.0357. The van der Waals surface area contributed by atoms with Gasteiger partial charge in [0.05, 0.1) is 5.69 Å². The lowest BCUT2D eigenvalue weighted by Gasteiger charge is -2.10. The maximum absolute atomic E-state index is 13.1. The third-order valence-corrected chi connectivity index (χ3v) is 5.99. The van der Waals surface area contributed by atoms with Crippen LogP contribution < -0.4 is 5.32 Å². The maximum atomic E-state index is 13.1. The van der Waals surface area contributed by atoms with Gasteiger partial charge < -0.3 is 5.32 Å². The third kappa shape index (κ3) is 3.31. The third-order valence-electron chi connectivity index (χ3n) is 5.99. The van der Waals surface area contributed by atoms with E-state index in [1.165, 1.54) is 0 Å². The van der Waals surface area contributed by atoms with Gasteiger partial charge in [0.25, 0.3) is 5.91 Å². The van der Waals surface area contributed by atoms with Crippen molar-refractivity contribution in [3.8, 4) is 5.69 Å². The van der Waals surface area contributed by atoms with E-state index < -0.39 is 0 Å². The number of carbonyl (C=O) groups is 1. The summed E-state index contributed by atoms with van der Waals surface area (Å²) in [6, 6.07) is 31.8. The second kappa shape index (κ2) is 7.57. The van der Waals surface area contributed by atoms with Gasteiger partial charge in [0.2, 0.25) is 0 Å². The summed E-state index contributed by atoms with van der Waals surface area (Å²) in [5.74, 6) is -0.143. The van der Waals surface area contributed by atoms with Crippen LogP contribution in [0.5, 0.6) is 0 Å². The van der Waals surface area contributed by atoms with Crippen molar-refractivity contribution in [2.75, 3.05) is 5.32 Å². The minimum absolute atomic E-state index is 0.143. The molecule has 0 unspecified atom stereocenters. The molecule has 6 rings (SSSR count). The van der Waals surface area contributed by atoms with E-state index in [1.54, 1.807) is 4.80 Å². The smallest absolute Gasteiger partial charge is 0.256 e. The van der Waals surface area contributed by atoms with Crippen LogP contribution in [0.1, 0.15) is 15.9 Å². The summed E-state index contributed by atoms with van der Waals surface area (Å²) >= 11 is 0. The topological polar surface area (TPSA) is 59.8 Å². The Balaban J connectivity index is 1.39. The summed E-state index contributed by atoms with van der Waals surface area (Å²) in [5.41, 5.74) is 4.73. The van der Waals surface area contributed by atoms with Crippen molar-refractivity contribution in [3.63, 3.8) is 0 Å². The second-order valence-electron chi connectivity index (χ2n) is 8.12. The van der Waals surface area contributed by atoms with Crippen molar-refractivity contribution in [1.29, 1.82) is 0 Å². The molecule has 5 nitrogen and oxygen atoms in total. The molecule has 0 aliphatic heterocycles.